The third-order valence-corrected chi connectivity index (χ3v) is 13.9. The molecule has 42 nitrogen and oxygen atoms in total. The van der Waals surface area contributed by atoms with E-state index in [9.17, 15) is 71.8 Å². The molecule has 0 bridgehead atoms. The highest BCUT2D eigenvalue weighted by Crippen LogP contribution is 2.48. The predicted molar refractivity (Wildman–Crippen MR) is 333 cm³/mol. The van der Waals surface area contributed by atoms with Gasteiger partial charge in [0, 0.05) is 0 Å². The van der Waals surface area contributed by atoms with Gasteiger partial charge in [0.1, 0.15) is 29.4 Å². The molecule has 0 aliphatic heterocycles. The van der Waals surface area contributed by atoms with Crippen molar-refractivity contribution in [1.82, 2.24) is 0 Å². The summed E-state index contributed by atoms with van der Waals surface area (Å²) in [4.78, 5) is 158. The number of aliphatic carboxylic acids is 2. The van der Waals surface area contributed by atoms with E-state index in [-0.39, 0.29) is 72.5 Å². The first-order valence-electron chi connectivity index (χ1n) is 26.4. The number of ketones is 3. The first-order valence-corrected chi connectivity index (χ1v) is 35.6. The number of phenols is 4. The van der Waals surface area contributed by atoms with Crippen LogP contribution in [0.3, 0.4) is 0 Å². The van der Waals surface area contributed by atoms with Crippen LogP contribution in [0.2, 0.25) is 0 Å². The van der Waals surface area contributed by atoms with Crippen LogP contribution in [0, 0.1) is 0 Å². The van der Waals surface area contributed by atoms with Gasteiger partial charge in [-0.25, -0.2) is 36.4 Å². The highest BCUT2D eigenvalue weighted by Gasteiger charge is 2.27. The molecule has 0 radical (unpaired) electrons. The Bertz CT molecular complexity index is 3830. The summed E-state index contributed by atoms with van der Waals surface area (Å²) in [6.45, 7) is 2.60. The molecule has 98 heavy (non-hydrogen) atoms. The van der Waals surface area contributed by atoms with E-state index in [4.69, 9.17) is 107 Å². The molecule has 0 aromatic heterocycles. The fourth-order valence-electron chi connectivity index (χ4n) is 6.67. The average molecular weight is 1520 g/mol. The van der Waals surface area contributed by atoms with Gasteiger partial charge < -0.3 is 106 Å². The summed E-state index contributed by atoms with van der Waals surface area (Å²) in [6.07, 6.45) is 0.475. The fraction of sp³-hybridized carbons (Fsp3) is 0.300. The van der Waals surface area contributed by atoms with Crippen molar-refractivity contribution in [2.75, 3.05) is 13.6 Å². The first-order chi connectivity index (χ1) is 44.6. The Hall–Kier alpha value is -7.33. The van der Waals surface area contributed by atoms with E-state index >= 15 is 0 Å². The molecule has 5 rings (SSSR count). The number of aromatic hydroxyl groups is 4. The number of carboxylic acids is 2. The molecule has 0 unspecified atom stereocenters. The maximum Gasteiger partial charge on any atom is 0.524 e. The zero-order chi connectivity index (χ0) is 75.6. The van der Waals surface area contributed by atoms with Crippen molar-refractivity contribution < 1.29 is 177 Å². The van der Waals surface area contributed by atoms with E-state index in [1.807, 2.05) is 0 Å². The molecule has 0 spiro atoms. The number of phenolic OH excluding ortho intramolecular Hbond substituents is 4. The topological polar surface area (TPSA) is 756 Å². The molecule has 28 N–H and O–H groups in total. The number of carbonyl (C=O) groups excluding carboxylic acids is 3. The van der Waals surface area contributed by atoms with Gasteiger partial charge in [0.15, 0.2) is 57.5 Å². The van der Waals surface area contributed by atoms with Crippen LogP contribution in [0.15, 0.2) is 91.0 Å². The summed E-state index contributed by atoms with van der Waals surface area (Å²) in [5.41, 5.74) is 29.8. The van der Waals surface area contributed by atoms with E-state index in [0.717, 1.165) is 36.4 Å². The largest absolute Gasteiger partial charge is 0.524 e. The second-order valence-corrected chi connectivity index (χ2v) is 26.8. The minimum atomic E-state index is -4.98. The second-order valence-electron chi connectivity index (χ2n) is 19.6. The van der Waals surface area contributed by atoms with Crippen LogP contribution in [0.5, 0.6) is 57.5 Å². The summed E-state index contributed by atoms with van der Waals surface area (Å²) in [5.74, 6) is -6.46. The van der Waals surface area contributed by atoms with Gasteiger partial charge in [0.2, 0.25) is 13.6 Å². The Morgan fingerprint density at radius 2 is 0.582 bits per heavy atom. The number of rotatable bonds is 31. The molecule has 0 heterocycles. The molecule has 5 atom stereocenters. The molecule has 0 saturated carbocycles. The molecular formula is C50H71N5O37P6. The third kappa shape index (κ3) is 39.3. The summed E-state index contributed by atoms with van der Waals surface area (Å²) in [6, 6.07) is 14.9. The van der Waals surface area contributed by atoms with Gasteiger partial charge in [-0.2, -0.15) is 0 Å². The van der Waals surface area contributed by atoms with Crippen LogP contribution in [0.25, 0.3) is 0 Å². The summed E-state index contributed by atoms with van der Waals surface area (Å²) < 4.78 is 98.9. The van der Waals surface area contributed by atoms with E-state index in [2.05, 4.69) is 27.1 Å². The van der Waals surface area contributed by atoms with Crippen LogP contribution >= 0.6 is 46.9 Å². The van der Waals surface area contributed by atoms with Gasteiger partial charge in [-0.3, -0.25) is 63.1 Å². The molecule has 0 fully saturated rings. The van der Waals surface area contributed by atoms with E-state index in [0.29, 0.717) is 27.8 Å². The molecule has 0 amide bonds. The minimum absolute atomic E-state index is 0.00130. The molecule has 0 saturated heterocycles. The van der Waals surface area contributed by atoms with Crippen molar-refractivity contribution in [2.45, 2.75) is 83.1 Å². The monoisotopic (exact) mass is 1520 g/mol. The van der Waals surface area contributed by atoms with Crippen LogP contribution < -0.4 is 56.2 Å². The fourth-order valence-corrected chi connectivity index (χ4v) is 8.67. The maximum atomic E-state index is 11.1. The average Bonchev–Trinajstić information content (AvgIpc) is 0.847. The maximum absolute atomic E-state index is 11.1. The number of nitrogens with two attached hydrogens (primary N) is 5. The Balaban J connectivity index is 0.000000614. The molecule has 548 valence electrons. The predicted octanol–water partition coefficient (Wildman–Crippen LogP) is 0.318. The number of ether oxygens (including phenoxy) is 2. The smallest absolute Gasteiger partial charge is 0.504 e. The van der Waals surface area contributed by atoms with E-state index in [1.165, 1.54) is 63.2 Å². The molecule has 5 aromatic rings. The lowest BCUT2D eigenvalue weighted by Gasteiger charge is -2.15. The summed E-state index contributed by atoms with van der Waals surface area (Å²) in [5, 5.41) is 55.2. The standard InChI is InChI=1S/2C11H16NO7P.C10H15NO9P2.2C9H12NO7P/c1-7(13)9(12)4-8-2-3-11(10(14)5-8)18-6-19-20(15,16)17;1-7(13)9(12)4-8-2-3-10(14)11(5-8)18-6-19-20(15,16)17;1-6(12)8(11)4-7-2-3-9(19-21(13,14)15)10(5-7)20-22(16,17)18;10-6(9(12)13)3-5-1-2-8(7(11)4-5)17-18(14,15)16;10-6(9(12)13)3-5-1-2-7(11)8(4-5)17-18(14,15)16/h2*2-3,5,9,14H,4,6,12H2,1H3,(H2,15,16,17);2-3,5,8H,4,11H2,1H3,(H2,13,14,15)(H2,16,17,18);2*1-2,4,6,11H,3,10H2,(H,12,13)(H2,14,15,16)/t2*9-;8-;2*6-/m00000/s1. The van der Waals surface area contributed by atoms with Gasteiger partial charge in [-0.05, 0) is 141 Å². The SMILES string of the molecule is CC(=O)[C@@H](N)Cc1ccc(O)c(OCOP(=O)(O)O)c1.CC(=O)[C@@H](N)Cc1ccc(OCOP(=O)(O)O)c(O)c1.CC(=O)[C@@H](N)Cc1ccc(OP(=O)(O)O)c(OP(=O)(O)O)c1.N[C@@H](Cc1ccc(O)c(OP(=O)(O)O)c1)C(=O)O.N[C@@H](Cc1ccc(OP(=O)(O)O)c(O)c1)C(=O)O. The zero-order valence-electron chi connectivity index (χ0n) is 50.9. The number of Topliss-reactive ketones (excluding diaryl/α,β-unsaturated/α-hetero) is 3. The summed E-state index contributed by atoms with van der Waals surface area (Å²) in [7, 11) is -28.7. The zero-order valence-corrected chi connectivity index (χ0v) is 56.2. The van der Waals surface area contributed by atoms with Gasteiger partial charge >= 0.3 is 58.9 Å². The van der Waals surface area contributed by atoms with Gasteiger partial charge in [0.25, 0.3) is 0 Å². The van der Waals surface area contributed by atoms with Crippen LogP contribution in [0.1, 0.15) is 48.6 Å². The highest BCUT2D eigenvalue weighted by atomic mass is 31.2. The first kappa shape index (κ1) is 88.7. The number of benzene rings is 5. The molecular weight excluding hydrogens is 1450 g/mol. The Morgan fingerprint density at radius 3 is 0.908 bits per heavy atom. The van der Waals surface area contributed by atoms with E-state index in [1.54, 1.807) is 12.1 Å². The minimum Gasteiger partial charge on any atom is -0.504 e. The number of hydrogen-bond acceptors (Lipinski definition) is 28. The number of phosphoric ester groups is 6. The van der Waals surface area contributed by atoms with Crippen molar-refractivity contribution in [2.24, 2.45) is 28.7 Å². The molecule has 0 aliphatic rings. The lowest BCUT2D eigenvalue weighted by molar-refractivity contribution is -0.139. The number of phosphoric acid groups is 6. The van der Waals surface area contributed by atoms with Crippen LogP contribution in [-0.4, -0.2) is 162 Å². The van der Waals surface area contributed by atoms with Crippen molar-refractivity contribution in [3.05, 3.63) is 119 Å². The number of carboxylic acid groups (broad SMARTS) is 2. The molecule has 48 heteroatoms. The van der Waals surface area contributed by atoms with Crippen LogP contribution in [-0.2, 0) is 92.5 Å². The Kier molecular flexibility index (Phi) is 35.7. The van der Waals surface area contributed by atoms with Crippen molar-refractivity contribution in [3.8, 4) is 57.5 Å². The van der Waals surface area contributed by atoms with Gasteiger partial charge in [0.05, 0.1) is 18.1 Å². The summed E-state index contributed by atoms with van der Waals surface area (Å²) >= 11 is 0. The van der Waals surface area contributed by atoms with Gasteiger partial charge in [-0.1, -0.05) is 30.3 Å². The third-order valence-electron chi connectivity index (χ3n) is 11.3. The molecule has 0 aliphatic carbocycles. The number of carbonyl (C=O) groups is 5. The van der Waals surface area contributed by atoms with Crippen molar-refractivity contribution >= 4 is 76.2 Å². The van der Waals surface area contributed by atoms with E-state index < -0.39 is 137 Å². The Morgan fingerprint density at radius 1 is 0.327 bits per heavy atom. The number of hydrogen-bond donors (Lipinski definition) is 23. The van der Waals surface area contributed by atoms with Crippen molar-refractivity contribution in [3.63, 3.8) is 0 Å². The highest BCUT2D eigenvalue weighted by molar-refractivity contribution is 7.48. The lowest BCUT2D eigenvalue weighted by Crippen LogP contribution is -2.32. The van der Waals surface area contributed by atoms with Crippen molar-refractivity contribution in [1.29, 1.82) is 0 Å². The quantitative estimate of drug-likeness (QED) is 0.0210. The lowest BCUT2D eigenvalue weighted by atomic mass is 10.0. The molecule has 5 aromatic carbocycles. The normalized spacial score (nSPS) is 13.1. The Labute approximate surface area is 553 Å². The second kappa shape index (κ2) is 39.5. The van der Waals surface area contributed by atoms with Gasteiger partial charge in [-0.15, -0.1) is 0 Å². The van der Waals surface area contributed by atoms with Crippen LogP contribution in [0.4, 0.5) is 0 Å².